The molecule has 0 aliphatic rings. The lowest BCUT2D eigenvalue weighted by atomic mass is 10.2. The number of nitrogen functional groups attached to an aromatic ring is 1. The molecular formula is C11H9N7. The van der Waals surface area contributed by atoms with E-state index >= 15 is 0 Å². The molecule has 18 heavy (non-hydrogen) atoms. The molecule has 0 aliphatic heterocycles. The van der Waals surface area contributed by atoms with E-state index in [1.165, 1.54) is 17.2 Å². The summed E-state index contributed by atoms with van der Waals surface area (Å²) in [6.45, 7) is 0. The Morgan fingerprint density at radius 1 is 1.00 bits per heavy atom. The Hall–Kier alpha value is -2.83. The molecule has 2 aromatic heterocycles. The Bertz CT molecular complexity index is 662. The summed E-state index contributed by atoms with van der Waals surface area (Å²) >= 11 is 0. The molecule has 3 rings (SSSR count). The molecule has 88 valence electrons. The molecule has 3 aromatic rings. The number of anilines is 1. The molecule has 0 bridgehead atoms. The first-order valence-electron chi connectivity index (χ1n) is 5.27. The van der Waals surface area contributed by atoms with Crippen molar-refractivity contribution in [2.45, 2.75) is 0 Å². The minimum atomic E-state index is 0.259. The molecular weight excluding hydrogens is 230 g/mol. The second-order valence-corrected chi connectivity index (χ2v) is 3.53. The third kappa shape index (κ3) is 1.77. The van der Waals surface area contributed by atoms with E-state index < -0.39 is 0 Å². The molecule has 0 aliphatic carbocycles. The molecule has 2 N–H and O–H groups in total. The van der Waals surface area contributed by atoms with E-state index in [0.29, 0.717) is 11.6 Å². The van der Waals surface area contributed by atoms with Gasteiger partial charge in [-0.1, -0.05) is 30.3 Å². The summed E-state index contributed by atoms with van der Waals surface area (Å²) in [6, 6.07) is 9.55. The van der Waals surface area contributed by atoms with Crippen LogP contribution in [0.5, 0.6) is 0 Å². The van der Waals surface area contributed by atoms with Crippen molar-refractivity contribution < 1.29 is 0 Å². The second kappa shape index (κ2) is 4.21. The number of nitrogens with zero attached hydrogens (tertiary/aromatic N) is 6. The van der Waals surface area contributed by atoms with Gasteiger partial charge in [0.2, 0.25) is 11.6 Å². The zero-order valence-corrected chi connectivity index (χ0v) is 9.30. The lowest BCUT2D eigenvalue weighted by Gasteiger charge is -1.98. The number of hydrogen-bond acceptors (Lipinski definition) is 6. The minimum Gasteiger partial charge on any atom is -0.380 e. The molecule has 0 fully saturated rings. The van der Waals surface area contributed by atoms with E-state index in [0.717, 1.165) is 5.56 Å². The van der Waals surface area contributed by atoms with E-state index in [1.807, 2.05) is 30.3 Å². The summed E-state index contributed by atoms with van der Waals surface area (Å²) in [5.74, 6) is 1.14. The van der Waals surface area contributed by atoms with Gasteiger partial charge in [0.25, 0.3) is 0 Å². The topological polar surface area (TPSA) is 95.4 Å². The van der Waals surface area contributed by atoms with Gasteiger partial charge in [0.15, 0.2) is 5.82 Å². The summed E-state index contributed by atoms with van der Waals surface area (Å²) in [5.41, 5.74) is 6.58. The first-order chi connectivity index (χ1) is 8.84. The molecule has 1 aromatic carbocycles. The van der Waals surface area contributed by atoms with E-state index in [-0.39, 0.29) is 5.82 Å². The first kappa shape index (κ1) is 10.3. The van der Waals surface area contributed by atoms with Crippen LogP contribution in [0.15, 0.2) is 42.7 Å². The number of nitrogens with two attached hydrogens (primary N) is 1. The fourth-order valence-electron chi connectivity index (χ4n) is 1.50. The van der Waals surface area contributed by atoms with E-state index in [9.17, 15) is 0 Å². The summed E-state index contributed by atoms with van der Waals surface area (Å²) < 4.78 is 0. The van der Waals surface area contributed by atoms with Crippen molar-refractivity contribution in [2.24, 2.45) is 0 Å². The minimum absolute atomic E-state index is 0.259. The van der Waals surface area contributed by atoms with Crippen molar-refractivity contribution in [3.8, 4) is 17.2 Å². The van der Waals surface area contributed by atoms with Crippen LogP contribution in [0.3, 0.4) is 0 Å². The number of hydrogen-bond donors (Lipinski definition) is 1. The van der Waals surface area contributed by atoms with Gasteiger partial charge in [-0.25, -0.2) is 9.97 Å². The van der Waals surface area contributed by atoms with Crippen molar-refractivity contribution in [3.63, 3.8) is 0 Å². The van der Waals surface area contributed by atoms with Crippen molar-refractivity contribution in [2.75, 3.05) is 5.73 Å². The zero-order chi connectivity index (χ0) is 12.4. The number of aromatic nitrogens is 6. The van der Waals surface area contributed by atoms with Gasteiger partial charge in [-0.2, -0.15) is 0 Å². The molecule has 0 amide bonds. The van der Waals surface area contributed by atoms with Gasteiger partial charge in [0, 0.05) is 18.0 Å². The second-order valence-electron chi connectivity index (χ2n) is 3.53. The summed E-state index contributed by atoms with van der Waals surface area (Å²) in [7, 11) is 0. The Kier molecular flexibility index (Phi) is 2.41. The van der Waals surface area contributed by atoms with Crippen LogP contribution in [0, 0.1) is 0 Å². The fraction of sp³-hybridized carbons (Fsp3) is 0. The smallest absolute Gasteiger partial charge is 0.218 e. The Labute approximate surface area is 102 Å². The Morgan fingerprint density at radius 2 is 1.78 bits per heavy atom. The van der Waals surface area contributed by atoms with Crippen molar-refractivity contribution in [1.82, 2.24) is 30.2 Å². The highest BCUT2D eigenvalue weighted by atomic mass is 15.6. The average molecular weight is 239 g/mol. The molecule has 0 unspecified atom stereocenters. The summed E-state index contributed by atoms with van der Waals surface area (Å²) in [5, 5.41) is 12.1. The highest BCUT2D eigenvalue weighted by Gasteiger charge is 2.10. The van der Waals surface area contributed by atoms with Gasteiger partial charge < -0.3 is 5.73 Å². The first-order valence-corrected chi connectivity index (χ1v) is 5.27. The Morgan fingerprint density at radius 3 is 2.56 bits per heavy atom. The molecule has 0 saturated heterocycles. The van der Waals surface area contributed by atoms with Crippen LogP contribution in [-0.2, 0) is 0 Å². The highest BCUT2D eigenvalue weighted by molar-refractivity contribution is 5.53. The van der Waals surface area contributed by atoms with Gasteiger partial charge in [-0.3, -0.25) is 0 Å². The van der Waals surface area contributed by atoms with Crippen LogP contribution < -0.4 is 5.73 Å². The molecule has 2 heterocycles. The third-order valence-electron chi connectivity index (χ3n) is 2.34. The van der Waals surface area contributed by atoms with Crippen LogP contribution in [0.2, 0.25) is 0 Å². The van der Waals surface area contributed by atoms with Crippen LogP contribution in [0.4, 0.5) is 5.82 Å². The molecule has 0 atom stereocenters. The van der Waals surface area contributed by atoms with E-state index in [1.54, 1.807) is 0 Å². The molecule has 0 radical (unpaired) electrons. The predicted octanol–water partition coefficient (Wildman–Crippen LogP) is 0.702. The van der Waals surface area contributed by atoms with Crippen molar-refractivity contribution in [1.29, 1.82) is 0 Å². The zero-order valence-electron chi connectivity index (χ0n) is 9.30. The number of benzene rings is 1. The van der Waals surface area contributed by atoms with Gasteiger partial charge in [-0.15, -0.1) is 15.0 Å². The molecule has 7 heteroatoms. The lowest BCUT2D eigenvalue weighted by Crippen LogP contribution is -2.07. The maximum absolute atomic E-state index is 5.70. The van der Waals surface area contributed by atoms with Gasteiger partial charge in [0.05, 0.1) is 0 Å². The van der Waals surface area contributed by atoms with Crippen molar-refractivity contribution >= 4 is 5.82 Å². The lowest BCUT2D eigenvalue weighted by molar-refractivity contribution is 0.699. The maximum atomic E-state index is 5.70. The van der Waals surface area contributed by atoms with Crippen LogP contribution in [0.25, 0.3) is 17.2 Å². The van der Waals surface area contributed by atoms with Crippen LogP contribution in [-0.4, -0.2) is 30.2 Å². The average Bonchev–Trinajstić information content (AvgIpc) is 2.90. The molecule has 7 nitrogen and oxygen atoms in total. The quantitative estimate of drug-likeness (QED) is 0.707. The monoisotopic (exact) mass is 239 g/mol. The maximum Gasteiger partial charge on any atom is 0.218 e. The normalized spacial score (nSPS) is 10.4. The van der Waals surface area contributed by atoms with Crippen LogP contribution in [0.1, 0.15) is 0 Å². The predicted molar refractivity (Wildman–Crippen MR) is 64.6 cm³/mol. The standard InChI is InChI=1S/C11H9N7/c12-9-11(14-7-6-13-9)18-16-10(15-17-18)8-4-2-1-3-5-8/h1-7H,(H2,12,13). The molecule has 0 saturated carbocycles. The highest BCUT2D eigenvalue weighted by Crippen LogP contribution is 2.14. The number of tetrazole rings is 1. The van der Waals surface area contributed by atoms with Crippen molar-refractivity contribution in [3.05, 3.63) is 42.7 Å². The molecule has 0 spiro atoms. The fourth-order valence-corrected chi connectivity index (χ4v) is 1.50. The largest absolute Gasteiger partial charge is 0.380 e. The summed E-state index contributed by atoms with van der Waals surface area (Å²) in [6.07, 6.45) is 3.03. The van der Waals surface area contributed by atoms with Gasteiger partial charge in [-0.05, 0) is 5.21 Å². The third-order valence-corrected chi connectivity index (χ3v) is 2.34. The Balaban J connectivity index is 2.03. The van der Waals surface area contributed by atoms with Gasteiger partial charge >= 0.3 is 0 Å². The summed E-state index contributed by atoms with van der Waals surface area (Å²) in [4.78, 5) is 9.26. The number of rotatable bonds is 2. The van der Waals surface area contributed by atoms with Gasteiger partial charge in [0.1, 0.15) is 0 Å². The van der Waals surface area contributed by atoms with E-state index in [4.69, 9.17) is 5.73 Å². The van der Waals surface area contributed by atoms with Crippen LogP contribution >= 0.6 is 0 Å². The van der Waals surface area contributed by atoms with E-state index in [2.05, 4.69) is 25.4 Å². The SMILES string of the molecule is Nc1nccnc1-n1nnc(-c2ccccc2)n1.